The number of rotatable bonds is 6. The quantitative estimate of drug-likeness (QED) is 0.321. The number of carboxylic acid groups (broad SMARTS) is 1. The van der Waals surface area contributed by atoms with E-state index in [2.05, 4.69) is 32.0 Å². The molecule has 0 aromatic heterocycles. The highest BCUT2D eigenvalue weighted by molar-refractivity contribution is 5.98. The Hall–Kier alpha value is -4.05. The SMILES string of the molecule is CC(C)c1cc2cc(O)ccc2c(Oc2ccc(C=CC(=O)O)cc2)c1-c1ccccc1. The van der Waals surface area contributed by atoms with E-state index in [9.17, 15) is 9.90 Å². The van der Waals surface area contributed by atoms with E-state index in [1.54, 1.807) is 18.2 Å². The third-order valence-electron chi connectivity index (χ3n) is 5.31. The molecule has 0 aliphatic heterocycles. The summed E-state index contributed by atoms with van der Waals surface area (Å²) in [5.41, 5.74) is 3.98. The first-order valence-corrected chi connectivity index (χ1v) is 10.5. The van der Waals surface area contributed by atoms with Crippen LogP contribution in [0.3, 0.4) is 0 Å². The number of benzene rings is 4. The largest absolute Gasteiger partial charge is 0.508 e. The van der Waals surface area contributed by atoms with Crippen LogP contribution in [0.25, 0.3) is 28.0 Å². The fourth-order valence-corrected chi connectivity index (χ4v) is 3.78. The summed E-state index contributed by atoms with van der Waals surface area (Å²) >= 11 is 0. The van der Waals surface area contributed by atoms with Crippen LogP contribution in [-0.4, -0.2) is 16.2 Å². The number of hydrogen-bond acceptors (Lipinski definition) is 3. The molecule has 0 saturated heterocycles. The summed E-state index contributed by atoms with van der Waals surface area (Å²) in [5.74, 6) is 0.831. The molecule has 0 fully saturated rings. The standard InChI is InChI=1S/C28H24O4/c1-18(2)25-17-21-16-22(29)11-14-24(21)28(27(25)20-6-4-3-5-7-20)32-23-12-8-19(9-13-23)10-15-26(30)31/h3-18,29H,1-2H3,(H,30,31). The van der Waals surface area contributed by atoms with Gasteiger partial charge in [0.05, 0.1) is 0 Å². The maximum Gasteiger partial charge on any atom is 0.328 e. The van der Waals surface area contributed by atoms with Crippen LogP contribution in [0.5, 0.6) is 17.2 Å². The van der Waals surface area contributed by atoms with Gasteiger partial charge in [-0.2, -0.15) is 0 Å². The Morgan fingerprint density at radius 3 is 2.31 bits per heavy atom. The second-order valence-corrected chi connectivity index (χ2v) is 7.94. The number of phenolic OH excluding ortho intramolecular Hbond substituents is 1. The molecular formula is C28H24O4. The number of aromatic hydroxyl groups is 1. The monoisotopic (exact) mass is 424 g/mol. The van der Waals surface area contributed by atoms with E-state index in [1.807, 2.05) is 48.5 Å². The molecule has 2 N–H and O–H groups in total. The van der Waals surface area contributed by atoms with Crippen LogP contribution < -0.4 is 4.74 Å². The lowest BCUT2D eigenvalue weighted by Gasteiger charge is -2.21. The van der Waals surface area contributed by atoms with E-state index in [0.717, 1.165) is 44.9 Å². The van der Waals surface area contributed by atoms with Gasteiger partial charge in [-0.15, -0.1) is 0 Å². The zero-order chi connectivity index (χ0) is 22.7. The lowest BCUT2D eigenvalue weighted by atomic mass is 9.88. The molecule has 4 aromatic carbocycles. The Morgan fingerprint density at radius 1 is 0.938 bits per heavy atom. The number of carboxylic acids is 1. The average Bonchev–Trinajstić information content (AvgIpc) is 2.78. The van der Waals surface area contributed by atoms with Gasteiger partial charge in [0, 0.05) is 17.0 Å². The van der Waals surface area contributed by atoms with Gasteiger partial charge < -0.3 is 14.9 Å². The summed E-state index contributed by atoms with van der Waals surface area (Å²) in [6.45, 7) is 4.29. The van der Waals surface area contributed by atoms with Crippen LogP contribution in [-0.2, 0) is 4.79 Å². The van der Waals surface area contributed by atoms with Gasteiger partial charge in [-0.05, 0) is 70.5 Å². The van der Waals surface area contributed by atoms with E-state index in [0.29, 0.717) is 5.75 Å². The van der Waals surface area contributed by atoms with Gasteiger partial charge in [-0.3, -0.25) is 0 Å². The maximum absolute atomic E-state index is 10.8. The summed E-state index contributed by atoms with van der Waals surface area (Å²) < 4.78 is 6.47. The Morgan fingerprint density at radius 2 is 1.66 bits per heavy atom. The maximum atomic E-state index is 10.8. The van der Waals surface area contributed by atoms with E-state index in [-0.39, 0.29) is 11.7 Å². The molecule has 0 spiro atoms. The molecule has 160 valence electrons. The van der Waals surface area contributed by atoms with E-state index < -0.39 is 5.97 Å². The van der Waals surface area contributed by atoms with Crippen LogP contribution >= 0.6 is 0 Å². The summed E-state index contributed by atoms with van der Waals surface area (Å²) in [4.78, 5) is 10.8. The van der Waals surface area contributed by atoms with E-state index in [1.165, 1.54) is 0 Å². The van der Waals surface area contributed by atoms with E-state index in [4.69, 9.17) is 9.84 Å². The average molecular weight is 424 g/mol. The molecule has 0 atom stereocenters. The van der Waals surface area contributed by atoms with Gasteiger partial charge in [0.1, 0.15) is 17.2 Å². The van der Waals surface area contributed by atoms with E-state index >= 15 is 0 Å². The lowest BCUT2D eigenvalue weighted by molar-refractivity contribution is -0.131. The van der Waals surface area contributed by atoms with Crippen molar-refractivity contribution in [2.24, 2.45) is 0 Å². The number of carbonyl (C=O) groups is 1. The van der Waals surface area contributed by atoms with Gasteiger partial charge in [0.15, 0.2) is 0 Å². The van der Waals surface area contributed by atoms with Gasteiger partial charge in [-0.1, -0.05) is 56.3 Å². The van der Waals surface area contributed by atoms with Crippen molar-refractivity contribution in [2.75, 3.05) is 0 Å². The number of phenols is 1. The van der Waals surface area contributed by atoms with Crippen molar-refractivity contribution < 1.29 is 19.7 Å². The van der Waals surface area contributed by atoms with Gasteiger partial charge in [-0.25, -0.2) is 4.79 Å². The Labute approximate surface area is 187 Å². The second kappa shape index (κ2) is 8.98. The zero-order valence-electron chi connectivity index (χ0n) is 17.9. The van der Waals surface area contributed by atoms with Crippen LogP contribution in [0.4, 0.5) is 0 Å². The number of aliphatic carboxylic acids is 1. The third kappa shape index (κ3) is 4.49. The van der Waals surface area contributed by atoms with Crippen LogP contribution in [0.15, 0.2) is 84.9 Å². The van der Waals surface area contributed by atoms with Gasteiger partial charge >= 0.3 is 5.97 Å². The summed E-state index contributed by atoms with van der Waals surface area (Å²) in [6.07, 6.45) is 2.65. The molecule has 0 bridgehead atoms. The molecule has 4 nitrogen and oxygen atoms in total. The first-order chi connectivity index (χ1) is 15.4. The first kappa shape index (κ1) is 21.2. The molecule has 4 heteroatoms. The minimum atomic E-state index is -0.988. The predicted octanol–water partition coefficient (Wildman–Crippen LogP) is 7.23. The second-order valence-electron chi connectivity index (χ2n) is 7.94. The molecule has 0 saturated carbocycles. The predicted molar refractivity (Wildman–Crippen MR) is 128 cm³/mol. The smallest absolute Gasteiger partial charge is 0.328 e. The molecular weight excluding hydrogens is 400 g/mol. The minimum absolute atomic E-state index is 0.209. The van der Waals surface area contributed by atoms with Crippen molar-refractivity contribution in [3.63, 3.8) is 0 Å². The Kier molecular flexibility index (Phi) is 5.95. The summed E-state index contributed by atoms with van der Waals surface area (Å²) in [5, 5.41) is 20.7. The minimum Gasteiger partial charge on any atom is -0.508 e. The molecule has 0 amide bonds. The number of hydrogen-bond donors (Lipinski definition) is 2. The summed E-state index contributed by atoms with van der Waals surface area (Å²) in [6, 6.07) is 24.8. The molecule has 0 unspecified atom stereocenters. The fourth-order valence-electron chi connectivity index (χ4n) is 3.78. The highest BCUT2D eigenvalue weighted by Crippen LogP contribution is 2.45. The number of ether oxygens (including phenoxy) is 1. The van der Waals surface area contributed by atoms with Crippen LogP contribution in [0.1, 0.15) is 30.9 Å². The molecule has 4 rings (SSSR count). The Balaban J connectivity index is 1.89. The van der Waals surface area contributed by atoms with Gasteiger partial charge in [0.2, 0.25) is 0 Å². The topological polar surface area (TPSA) is 66.8 Å². The van der Waals surface area contributed by atoms with Crippen molar-refractivity contribution in [3.8, 4) is 28.4 Å². The van der Waals surface area contributed by atoms with Crippen LogP contribution in [0, 0.1) is 0 Å². The highest BCUT2D eigenvalue weighted by Gasteiger charge is 2.19. The lowest BCUT2D eigenvalue weighted by Crippen LogP contribution is -1.98. The molecule has 0 aliphatic carbocycles. The number of fused-ring (bicyclic) bond motifs is 1. The molecule has 32 heavy (non-hydrogen) atoms. The molecule has 0 radical (unpaired) electrons. The molecule has 0 aliphatic rings. The Bertz CT molecular complexity index is 1290. The van der Waals surface area contributed by atoms with Crippen molar-refractivity contribution in [1.82, 2.24) is 0 Å². The first-order valence-electron chi connectivity index (χ1n) is 10.5. The molecule has 4 aromatic rings. The van der Waals surface area contributed by atoms with Crippen LogP contribution in [0.2, 0.25) is 0 Å². The zero-order valence-corrected chi connectivity index (χ0v) is 17.9. The van der Waals surface area contributed by atoms with Crippen molar-refractivity contribution in [2.45, 2.75) is 19.8 Å². The molecule has 0 heterocycles. The van der Waals surface area contributed by atoms with Crippen molar-refractivity contribution >= 4 is 22.8 Å². The van der Waals surface area contributed by atoms with Crippen molar-refractivity contribution in [3.05, 3.63) is 96.1 Å². The summed E-state index contributed by atoms with van der Waals surface area (Å²) in [7, 11) is 0. The van der Waals surface area contributed by atoms with Crippen molar-refractivity contribution in [1.29, 1.82) is 0 Å². The van der Waals surface area contributed by atoms with Gasteiger partial charge in [0.25, 0.3) is 0 Å². The fraction of sp³-hybridized carbons (Fsp3) is 0.107. The third-order valence-corrected chi connectivity index (χ3v) is 5.31. The normalized spacial score (nSPS) is 11.3. The highest BCUT2D eigenvalue weighted by atomic mass is 16.5.